The van der Waals surface area contributed by atoms with Gasteiger partial charge >= 0.3 is 6.03 Å². The molecule has 0 spiro atoms. The zero-order valence-electron chi connectivity index (χ0n) is 14.0. The van der Waals surface area contributed by atoms with Crippen molar-refractivity contribution in [3.63, 3.8) is 0 Å². The second-order valence-corrected chi connectivity index (χ2v) is 5.68. The minimum atomic E-state index is -0.725. The molecule has 1 atom stereocenters. The molecule has 0 saturated carbocycles. The van der Waals surface area contributed by atoms with E-state index in [9.17, 15) is 9.59 Å². The molecule has 0 bridgehead atoms. The Balaban J connectivity index is 1.97. The molecule has 0 fully saturated rings. The molecule has 0 aromatic heterocycles. The Morgan fingerprint density at radius 2 is 1.84 bits per heavy atom. The molecule has 3 N–H and O–H groups in total. The monoisotopic (exact) mass is 341 g/mol. The van der Waals surface area contributed by atoms with E-state index >= 15 is 0 Å². The first-order valence-corrected chi connectivity index (χ1v) is 7.77. The lowest BCUT2D eigenvalue weighted by atomic mass is 9.97. The van der Waals surface area contributed by atoms with Crippen LogP contribution in [0, 0.1) is 0 Å². The first-order valence-electron chi connectivity index (χ1n) is 7.77. The fraction of sp³-hybridized carbons (Fsp3) is 0.222. The first-order chi connectivity index (χ1) is 12.0. The molecule has 2 aromatic rings. The molecule has 1 aliphatic heterocycles. The van der Waals surface area contributed by atoms with Gasteiger partial charge in [-0.05, 0) is 23.8 Å². The van der Waals surface area contributed by atoms with E-state index in [4.69, 9.17) is 15.2 Å². The highest BCUT2D eigenvalue weighted by molar-refractivity contribution is 6.02. The van der Waals surface area contributed by atoms with Crippen LogP contribution in [-0.4, -0.2) is 32.1 Å². The smallest absolute Gasteiger partial charge is 0.312 e. The first kappa shape index (κ1) is 16.6. The number of anilines is 1. The quantitative estimate of drug-likeness (QED) is 0.890. The zero-order valence-corrected chi connectivity index (χ0v) is 14.0. The second-order valence-electron chi connectivity index (χ2n) is 5.68. The molecular formula is C18H19N3O4. The summed E-state index contributed by atoms with van der Waals surface area (Å²) in [5, 5.41) is 2.48. The van der Waals surface area contributed by atoms with Gasteiger partial charge in [0.25, 0.3) is 0 Å². The van der Waals surface area contributed by atoms with Crippen LogP contribution in [0.4, 0.5) is 10.5 Å². The van der Waals surface area contributed by atoms with Gasteiger partial charge in [0.05, 0.1) is 12.8 Å². The van der Waals surface area contributed by atoms with Crippen LogP contribution < -0.4 is 25.4 Å². The average Bonchev–Trinajstić information content (AvgIpc) is 2.59. The number of hydrogen-bond acceptors (Lipinski definition) is 4. The Morgan fingerprint density at radius 1 is 1.16 bits per heavy atom. The summed E-state index contributed by atoms with van der Waals surface area (Å²) in [5.74, 6) is 1.44. The SMILES string of the molecule is COc1ccccc1Oc1cccc2c1N(C)C(=O)[C@H](NC(N)=O)C2. The number of rotatable bonds is 4. The topological polar surface area (TPSA) is 93.9 Å². The van der Waals surface area contributed by atoms with Gasteiger partial charge in [-0.3, -0.25) is 4.79 Å². The van der Waals surface area contributed by atoms with Crippen molar-refractivity contribution in [2.45, 2.75) is 12.5 Å². The molecule has 7 nitrogen and oxygen atoms in total. The zero-order chi connectivity index (χ0) is 18.0. The number of nitrogens with two attached hydrogens (primary N) is 1. The number of methoxy groups -OCH3 is 1. The van der Waals surface area contributed by atoms with Gasteiger partial charge in [-0.25, -0.2) is 4.79 Å². The Labute approximate surface area is 145 Å². The van der Waals surface area contributed by atoms with E-state index in [-0.39, 0.29) is 5.91 Å². The van der Waals surface area contributed by atoms with Gasteiger partial charge in [0.1, 0.15) is 6.04 Å². The summed E-state index contributed by atoms with van der Waals surface area (Å²) >= 11 is 0. The normalized spacial score (nSPS) is 16.2. The van der Waals surface area contributed by atoms with Crippen molar-refractivity contribution in [2.75, 3.05) is 19.1 Å². The summed E-state index contributed by atoms with van der Waals surface area (Å²) in [7, 11) is 3.21. The molecule has 3 rings (SSSR count). The maximum Gasteiger partial charge on any atom is 0.312 e. The van der Waals surface area contributed by atoms with Gasteiger partial charge in [0, 0.05) is 13.5 Å². The van der Waals surface area contributed by atoms with Crippen molar-refractivity contribution in [2.24, 2.45) is 5.73 Å². The maximum atomic E-state index is 12.5. The number of likely N-dealkylation sites (N-methyl/N-ethyl adjacent to an activating group) is 1. The van der Waals surface area contributed by atoms with E-state index in [1.165, 1.54) is 4.90 Å². The molecule has 130 valence electrons. The summed E-state index contributed by atoms with van der Waals surface area (Å²) in [6.45, 7) is 0. The predicted molar refractivity (Wildman–Crippen MR) is 93.1 cm³/mol. The maximum absolute atomic E-state index is 12.5. The number of hydrogen-bond donors (Lipinski definition) is 2. The van der Waals surface area contributed by atoms with Crippen molar-refractivity contribution in [1.29, 1.82) is 0 Å². The molecule has 1 aliphatic rings. The molecular weight excluding hydrogens is 322 g/mol. The van der Waals surface area contributed by atoms with Crippen LogP contribution in [0.2, 0.25) is 0 Å². The van der Waals surface area contributed by atoms with Gasteiger partial charge in [-0.2, -0.15) is 0 Å². The van der Waals surface area contributed by atoms with Crippen LogP contribution >= 0.6 is 0 Å². The number of fused-ring (bicyclic) bond motifs is 1. The van der Waals surface area contributed by atoms with Crippen LogP contribution in [0.25, 0.3) is 0 Å². The minimum Gasteiger partial charge on any atom is -0.493 e. The van der Waals surface area contributed by atoms with Gasteiger partial charge in [-0.15, -0.1) is 0 Å². The molecule has 0 aliphatic carbocycles. The summed E-state index contributed by atoms with van der Waals surface area (Å²) in [6.07, 6.45) is 0.352. The number of carbonyl (C=O) groups excluding carboxylic acids is 2. The number of para-hydroxylation sites is 3. The number of benzene rings is 2. The van der Waals surface area contributed by atoms with E-state index in [1.807, 2.05) is 24.3 Å². The molecule has 2 aromatic carbocycles. The third kappa shape index (κ3) is 3.21. The number of amides is 3. The van der Waals surface area contributed by atoms with E-state index in [0.717, 1.165) is 5.56 Å². The molecule has 7 heteroatoms. The highest BCUT2D eigenvalue weighted by atomic mass is 16.5. The van der Waals surface area contributed by atoms with Crippen LogP contribution in [-0.2, 0) is 11.2 Å². The van der Waals surface area contributed by atoms with Crippen LogP contribution in [0.15, 0.2) is 42.5 Å². The van der Waals surface area contributed by atoms with Crippen molar-refractivity contribution < 1.29 is 19.1 Å². The second kappa shape index (κ2) is 6.72. The Bertz CT molecular complexity index is 822. The Hall–Kier alpha value is -3.22. The van der Waals surface area contributed by atoms with Crippen LogP contribution in [0.5, 0.6) is 17.2 Å². The lowest BCUT2D eigenvalue weighted by Crippen LogP contribution is -2.53. The van der Waals surface area contributed by atoms with E-state index in [0.29, 0.717) is 29.4 Å². The predicted octanol–water partition coefficient (Wildman–Crippen LogP) is 2.04. The molecule has 3 amide bonds. The minimum absolute atomic E-state index is 0.248. The van der Waals surface area contributed by atoms with Gasteiger partial charge in [0.15, 0.2) is 17.2 Å². The van der Waals surface area contributed by atoms with Crippen molar-refractivity contribution >= 4 is 17.6 Å². The van der Waals surface area contributed by atoms with Gasteiger partial charge < -0.3 is 25.4 Å². The van der Waals surface area contributed by atoms with E-state index in [1.54, 1.807) is 32.4 Å². The number of nitrogens with zero attached hydrogens (tertiary/aromatic N) is 1. The summed E-state index contributed by atoms with van der Waals surface area (Å²) < 4.78 is 11.3. The lowest BCUT2D eigenvalue weighted by molar-refractivity contribution is -0.120. The highest BCUT2D eigenvalue weighted by Gasteiger charge is 2.33. The molecule has 0 unspecified atom stereocenters. The Morgan fingerprint density at radius 3 is 2.52 bits per heavy atom. The third-order valence-electron chi connectivity index (χ3n) is 4.08. The molecule has 0 radical (unpaired) electrons. The Kier molecular flexibility index (Phi) is 4.47. The fourth-order valence-corrected chi connectivity index (χ4v) is 2.95. The number of primary amides is 1. The number of ether oxygens (including phenoxy) is 2. The largest absolute Gasteiger partial charge is 0.493 e. The third-order valence-corrected chi connectivity index (χ3v) is 4.08. The van der Waals surface area contributed by atoms with E-state index < -0.39 is 12.1 Å². The summed E-state index contributed by atoms with van der Waals surface area (Å²) in [6, 6.07) is 11.4. The fourth-order valence-electron chi connectivity index (χ4n) is 2.95. The van der Waals surface area contributed by atoms with Crippen LogP contribution in [0.3, 0.4) is 0 Å². The molecule has 1 heterocycles. The van der Waals surface area contributed by atoms with Gasteiger partial charge in [-0.1, -0.05) is 24.3 Å². The summed E-state index contributed by atoms with van der Waals surface area (Å²) in [4.78, 5) is 25.1. The molecule has 0 saturated heterocycles. The van der Waals surface area contributed by atoms with Crippen molar-refractivity contribution in [3.05, 3.63) is 48.0 Å². The van der Waals surface area contributed by atoms with Crippen molar-refractivity contribution in [3.8, 4) is 17.2 Å². The number of carbonyl (C=O) groups is 2. The number of urea groups is 1. The van der Waals surface area contributed by atoms with Crippen LogP contribution in [0.1, 0.15) is 5.56 Å². The van der Waals surface area contributed by atoms with E-state index in [2.05, 4.69) is 5.32 Å². The standard InChI is InChI=1S/C18H19N3O4/c1-21-16-11(10-12(17(21)22)20-18(19)23)6-5-9-15(16)25-14-8-4-3-7-13(14)24-2/h3-9,12H,10H2,1-2H3,(H3,19,20,23)/t12-/m1/s1. The highest BCUT2D eigenvalue weighted by Crippen LogP contribution is 2.40. The lowest BCUT2D eigenvalue weighted by Gasteiger charge is -2.32. The summed E-state index contributed by atoms with van der Waals surface area (Å²) in [5.41, 5.74) is 6.71. The van der Waals surface area contributed by atoms with Crippen molar-refractivity contribution in [1.82, 2.24) is 5.32 Å². The number of nitrogens with one attached hydrogen (secondary N) is 1. The molecule has 25 heavy (non-hydrogen) atoms. The average molecular weight is 341 g/mol. The van der Waals surface area contributed by atoms with Gasteiger partial charge in [0.2, 0.25) is 5.91 Å².